The molecule has 25 nitrogen and oxygen atoms in total. The Hall–Kier alpha value is -12.9. The lowest BCUT2D eigenvalue weighted by Gasteiger charge is -2.40. The summed E-state index contributed by atoms with van der Waals surface area (Å²) in [5, 5.41) is 6.21. The third kappa shape index (κ3) is 20.5. The second kappa shape index (κ2) is 41.3. The summed E-state index contributed by atoms with van der Waals surface area (Å²) in [5.74, 6) is 4.47. The highest BCUT2D eigenvalue weighted by Gasteiger charge is 2.47. The Morgan fingerprint density at radius 2 is 0.773 bits per heavy atom. The van der Waals surface area contributed by atoms with E-state index in [1.807, 2.05) is 141 Å². The molecule has 8 aromatic heterocycles. The van der Waals surface area contributed by atoms with E-state index in [-0.39, 0.29) is 40.5 Å². The van der Waals surface area contributed by atoms with Crippen LogP contribution in [0.15, 0.2) is 200 Å². The highest BCUT2D eigenvalue weighted by atomic mass is 35.5. The molecule has 0 bridgehead atoms. The number of hydrogen-bond donors (Lipinski definition) is 5. The lowest BCUT2D eigenvalue weighted by molar-refractivity contribution is -0.146. The number of nitrogens with zero attached hydrogens (tertiary/aromatic N) is 9. The van der Waals surface area contributed by atoms with Gasteiger partial charge in [-0.1, -0.05) is 95.3 Å². The number of carbonyl (C=O) groups is 5. The van der Waals surface area contributed by atoms with E-state index < -0.39 is 30.0 Å². The zero-order valence-electron chi connectivity index (χ0n) is 79.0. The third-order valence-electron chi connectivity index (χ3n) is 28.9. The van der Waals surface area contributed by atoms with Gasteiger partial charge in [0.2, 0.25) is 5.56 Å². The average Bonchev–Trinajstić information content (AvgIpc) is 1.61. The number of aromatic amines is 4. The van der Waals surface area contributed by atoms with E-state index in [0.717, 1.165) is 281 Å². The summed E-state index contributed by atoms with van der Waals surface area (Å²) in [4.78, 5) is 116. The van der Waals surface area contributed by atoms with Gasteiger partial charge >= 0.3 is 0 Å². The van der Waals surface area contributed by atoms with Crippen LogP contribution < -0.4 is 35.0 Å². The topological polar surface area (TPSA) is 306 Å². The van der Waals surface area contributed by atoms with Crippen molar-refractivity contribution in [1.82, 2.24) is 64.4 Å². The predicted octanol–water partition coefficient (Wildman–Crippen LogP) is 21.5. The fourth-order valence-corrected chi connectivity index (χ4v) is 22.9. The number of fused-ring (bicyclic) bond motifs is 8. The zero-order valence-corrected chi connectivity index (χ0v) is 82.8. The van der Waals surface area contributed by atoms with Gasteiger partial charge in [0.15, 0.2) is 30.0 Å². The largest absolute Gasteiger partial charge is 0.479 e. The fraction of sp³-hybridized carbons (Fsp3) is 0.351. The van der Waals surface area contributed by atoms with Gasteiger partial charge in [-0.25, -0.2) is 19.9 Å². The molecule has 24 rings (SSSR count). The van der Waals surface area contributed by atoms with Crippen LogP contribution in [0.4, 0.5) is 5.82 Å². The highest BCUT2D eigenvalue weighted by Crippen LogP contribution is 2.51. The van der Waals surface area contributed by atoms with Crippen molar-refractivity contribution in [2.45, 2.75) is 179 Å². The average molecular weight is 1990 g/mol. The van der Waals surface area contributed by atoms with Crippen molar-refractivity contribution < 1.29 is 47.7 Å². The maximum absolute atomic E-state index is 13.5. The number of rotatable bonds is 12. The minimum absolute atomic E-state index is 0.0453. The molecule has 5 fully saturated rings. The molecule has 5 unspecified atom stereocenters. The number of pyridine rings is 5. The summed E-state index contributed by atoms with van der Waals surface area (Å²) in [6.45, 7) is 14.4. The Labute approximate surface area is 842 Å². The standard InChI is InChI=1S/C29H28ClN3O2.2C22H22ClN3O2.C19H20ClN3O2.C19H19ClN2O3/c1-29(18-19-5-3-2-4-6-19)9-13-33(14-10-29)28(34)25-16-20-15-21(30)17-24(26(20)35-25)22-7-11-31-27-23(22)8-12-32-27;1-22(21(27)26-9-3-2-4-10-26)13-14-11-15(23)12-18(19(14)28-22)16-5-7-24-20-17(16)6-8-25-20;1-13-12-25-21-19(13)16(5-6-24-21)17-11-15(23)9-14-10-18(28-20(14)17)22(27)26-7-3-2-4-8-26;20-14-8-13-9-16(19(24)23-6-2-1-3-7-23)25-18(13)15(11-14)12-4-5-22-17(21)10-12;20-14-8-13-9-16(19(24)22-6-2-1-3-7-22)25-18(13)15(11-14)12-4-5-21-17(23)10-12/h2-8,11-12,15,17,25H,9-10,13-14,16,18H2,1H3,(H,31,32);5-8,11-12H,2-4,9-10,13H2,1H3,(H,24,25);5-6,9,11-12,18H,2-4,7-8,10H2,1H3,(H,24,25);4-5,8,10-11,16H,1-3,6-7,9H2,(H2,21,22);4-5,8,10-11,16H,1-3,6-7,9H2,(H,21,23). The normalized spacial score (nSPS) is 19.6. The monoisotopic (exact) mass is 1990 g/mol. The van der Waals surface area contributed by atoms with Crippen LogP contribution in [0.1, 0.15) is 143 Å². The number of likely N-dealkylation sites (tertiary alicyclic amines) is 5. The van der Waals surface area contributed by atoms with Crippen molar-refractivity contribution in [3.63, 3.8) is 0 Å². The first kappa shape index (κ1) is 95.6. The summed E-state index contributed by atoms with van der Waals surface area (Å²) in [5.41, 5.74) is 23.7. The Kier molecular flexibility index (Phi) is 28.0. The lowest BCUT2D eigenvalue weighted by Crippen LogP contribution is -2.51. The number of halogens is 5. The number of aromatic nitrogens is 8. The Morgan fingerprint density at radius 1 is 0.390 bits per heavy atom. The number of piperidine rings is 5. The van der Waals surface area contributed by atoms with Crippen molar-refractivity contribution in [2.75, 3.05) is 71.2 Å². The van der Waals surface area contributed by atoms with Crippen LogP contribution in [0, 0.1) is 12.3 Å². The number of nitrogens with two attached hydrogens (primary N) is 1. The summed E-state index contributed by atoms with van der Waals surface area (Å²) in [6, 6.07) is 46.4. The van der Waals surface area contributed by atoms with Crippen molar-refractivity contribution in [3.05, 3.63) is 270 Å². The molecule has 6 aromatic carbocycles. The molecule has 0 radical (unpaired) electrons. The molecule has 6 N–H and O–H groups in total. The molecule has 0 saturated carbocycles. The predicted molar refractivity (Wildman–Crippen MR) is 552 cm³/mol. The van der Waals surface area contributed by atoms with Crippen LogP contribution in [0.2, 0.25) is 25.1 Å². The molecule has 18 heterocycles. The Morgan fingerprint density at radius 3 is 1.23 bits per heavy atom. The van der Waals surface area contributed by atoms with E-state index >= 15 is 0 Å². The van der Waals surface area contributed by atoms with Gasteiger partial charge in [-0.05, 0) is 264 Å². The molecule has 5 amide bonds. The molecule has 5 atom stereocenters. The van der Waals surface area contributed by atoms with Crippen molar-refractivity contribution in [2.24, 2.45) is 5.41 Å². The molecule has 10 aliphatic heterocycles. The molecular weight excluding hydrogens is 1880 g/mol. The maximum Gasteiger partial charge on any atom is 0.266 e. The third-order valence-corrected chi connectivity index (χ3v) is 30.0. The van der Waals surface area contributed by atoms with Crippen molar-refractivity contribution >= 4 is 126 Å². The SMILES string of the molecule is CC1(C(=O)N2CCCCC2)Cc2cc(Cl)cc(-c3ccnc4[nH]ccc34)c2O1.CC1(Cc2ccccc2)CCN(C(=O)C2Cc3cc(Cl)cc(-c4ccnc5[nH]ccc45)c3O2)CC1.Cc1c[nH]c2nccc(-c3cc(Cl)cc4c3OC(C(=O)N3CCCCC3)C4)c12.Nc1cc(-c2cc(Cl)cc3c2OC(C(=O)N2CCCCC2)C3)ccn1.O=C(C1Cc2cc(Cl)cc(-c3cc[nH]c(=O)c3)c2O1)N1CCCCC1. The molecule has 0 spiro atoms. The van der Waals surface area contributed by atoms with E-state index in [1.165, 1.54) is 37.3 Å². The van der Waals surface area contributed by atoms with E-state index in [0.29, 0.717) is 68.8 Å². The summed E-state index contributed by atoms with van der Waals surface area (Å²) in [6.07, 6.45) is 31.4. The number of nitrogen functional groups attached to an aromatic ring is 1. The first-order chi connectivity index (χ1) is 68.4. The number of nitrogens with one attached hydrogen (secondary N) is 4. The summed E-state index contributed by atoms with van der Waals surface area (Å²) in [7, 11) is 0. The van der Waals surface area contributed by atoms with Crippen LogP contribution in [0.25, 0.3) is 88.7 Å². The quantitative estimate of drug-likeness (QED) is 0.0759. The lowest BCUT2D eigenvalue weighted by atomic mass is 9.75. The summed E-state index contributed by atoms with van der Waals surface area (Å²) >= 11 is 32.0. The second-order valence-electron chi connectivity index (χ2n) is 38.9. The first-order valence-corrected chi connectivity index (χ1v) is 50.9. The van der Waals surface area contributed by atoms with Gasteiger partial charge in [-0.15, -0.1) is 0 Å². The zero-order chi connectivity index (χ0) is 97.3. The van der Waals surface area contributed by atoms with Crippen molar-refractivity contribution in [1.29, 1.82) is 0 Å². The van der Waals surface area contributed by atoms with Crippen LogP contribution in [0.5, 0.6) is 28.7 Å². The van der Waals surface area contributed by atoms with Crippen LogP contribution in [-0.4, -0.2) is 189 Å². The minimum Gasteiger partial charge on any atom is -0.479 e. The first-order valence-electron chi connectivity index (χ1n) is 49.0. The van der Waals surface area contributed by atoms with Gasteiger partial charge in [0.25, 0.3) is 29.5 Å². The van der Waals surface area contributed by atoms with Crippen molar-refractivity contribution in [3.8, 4) is 84.4 Å². The van der Waals surface area contributed by atoms with E-state index in [1.54, 1.807) is 49.2 Å². The van der Waals surface area contributed by atoms with Gasteiger partial charge in [0.05, 0.1) is 0 Å². The number of benzene rings is 6. The fourth-order valence-electron chi connectivity index (χ4n) is 21.7. The van der Waals surface area contributed by atoms with Gasteiger partial charge in [0, 0.05) is 250 Å². The molecule has 10 aliphatic rings. The van der Waals surface area contributed by atoms with E-state index in [4.69, 9.17) is 87.4 Å². The highest BCUT2D eigenvalue weighted by molar-refractivity contribution is 6.33. The Balaban J connectivity index is 0.000000109. The van der Waals surface area contributed by atoms with Crippen LogP contribution in [0.3, 0.4) is 0 Å². The molecule has 14 aromatic rings. The Bertz CT molecular complexity index is 7150. The number of amides is 5. The molecule has 0 aliphatic carbocycles. The molecule has 30 heteroatoms. The number of hydrogen-bond acceptors (Lipinski definition) is 16. The van der Waals surface area contributed by atoms with Gasteiger partial charge in [0.1, 0.15) is 51.5 Å². The molecule has 726 valence electrons. The number of ether oxygens (including phenoxy) is 5. The van der Waals surface area contributed by atoms with E-state index in [2.05, 4.69) is 84.1 Å². The van der Waals surface area contributed by atoms with Gasteiger partial charge in [-0.2, -0.15) is 0 Å². The second-order valence-corrected chi connectivity index (χ2v) is 41.1. The maximum atomic E-state index is 13.5. The number of carbonyl (C=O) groups excluding carboxylic acids is 5. The molecule has 141 heavy (non-hydrogen) atoms. The van der Waals surface area contributed by atoms with E-state index in [9.17, 15) is 28.8 Å². The molecule has 5 saturated heterocycles. The number of anilines is 1. The van der Waals surface area contributed by atoms with Crippen LogP contribution in [-0.2, 0) is 62.5 Å². The number of aryl methyl sites for hydroxylation is 1. The molecular formula is C111H111Cl5N14O11. The number of H-pyrrole nitrogens is 4. The summed E-state index contributed by atoms with van der Waals surface area (Å²) < 4.78 is 31.1. The minimum atomic E-state index is -0.886. The van der Waals surface area contributed by atoms with Gasteiger partial charge < -0.3 is 73.9 Å². The smallest absolute Gasteiger partial charge is 0.266 e. The van der Waals surface area contributed by atoms with Crippen LogP contribution >= 0.6 is 58.0 Å². The van der Waals surface area contributed by atoms with Gasteiger partial charge in [-0.3, -0.25) is 28.8 Å².